The third-order valence-electron chi connectivity index (χ3n) is 6.84. The number of hydrogen-bond acceptors (Lipinski definition) is 5. The highest BCUT2D eigenvalue weighted by molar-refractivity contribution is 9.10. The van der Waals surface area contributed by atoms with Gasteiger partial charge in [-0.2, -0.15) is 0 Å². The number of methoxy groups -OCH3 is 2. The predicted octanol–water partition coefficient (Wildman–Crippen LogP) is 6.43. The van der Waals surface area contributed by atoms with Crippen molar-refractivity contribution in [2.75, 3.05) is 20.8 Å². The van der Waals surface area contributed by atoms with Gasteiger partial charge < -0.3 is 19.5 Å². The highest BCUT2D eigenvalue weighted by Crippen LogP contribution is 2.40. The average molecular weight is 579 g/mol. The number of ether oxygens (including phenoxy) is 2. The Kier molecular flexibility index (Phi) is 7.97. The quantitative estimate of drug-likeness (QED) is 0.199. The van der Waals surface area contributed by atoms with E-state index in [1.807, 2.05) is 42.5 Å². The fourth-order valence-electron chi connectivity index (χ4n) is 4.67. The topological polar surface area (TPSA) is 76.1 Å². The van der Waals surface area contributed by atoms with Gasteiger partial charge in [0.25, 0.3) is 11.7 Å². The van der Waals surface area contributed by atoms with E-state index in [-0.39, 0.29) is 23.3 Å². The Hall–Kier alpha value is -3.58. The minimum atomic E-state index is -0.715. The third kappa shape index (κ3) is 5.48. The molecule has 1 amide bonds. The van der Waals surface area contributed by atoms with Gasteiger partial charge in [-0.3, -0.25) is 9.59 Å². The molecule has 1 heterocycles. The average Bonchev–Trinajstić information content (AvgIpc) is 3.16. The molecule has 4 rings (SSSR count). The molecule has 0 radical (unpaired) electrons. The summed E-state index contributed by atoms with van der Waals surface area (Å²) in [4.78, 5) is 28.2. The second kappa shape index (κ2) is 11.0. The van der Waals surface area contributed by atoms with Crippen LogP contribution in [0.15, 0.2) is 76.8 Å². The minimum absolute atomic E-state index is 0.0504. The predicted molar refractivity (Wildman–Crippen MR) is 152 cm³/mol. The molecule has 0 saturated carbocycles. The Morgan fingerprint density at radius 1 is 0.921 bits per heavy atom. The van der Waals surface area contributed by atoms with Crippen LogP contribution < -0.4 is 9.47 Å². The summed E-state index contributed by atoms with van der Waals surface area (Å²) in [5.74, 6) is -0.298. The van der Waals surface area contributed by atoms with Crippen molar-refractivity contribution < 1.29 is 24.2 Å². The molecule has 1 atom stereocenters. The normalized spacial score (nSPS) is 17.1. The molecule has 0 spiro atoms. The number of carbonyl (C=O) groups is 2. The highest BCUT2D eigenvalue weighted by Gasteiger charge is 2.45. The zero-order chi connectivity index (χ0) is 27.6. The van der Waals surface area contributed by atoms with Crippen LogP contribution in [0.5, 0.6) is 11.5 Å². The van der Waals surface area contributed by atoms with Gasteiger partial charge in [-0.25, -0.2) is 0 Å². The molecule has 0 aliphatic carbocycles. The molecule has 0 aromatic heterocycles. The number of carbonyl (C=O) groups excluding carboxylic acids is 2. The van der Waals surface area contributed by atoms with E-state index in [9.17, 15) is 14.7 Å². The van der Waals surface area contributed by atoms with Crippen molar-refractivity contribution in [2.45, 2.75) is 38.6 Å². The fourth-order valence-corrected chi connectivity index (χ4v) is 4.94. The van der Waals surface area contributed by atoms with E-state index in [1.165, 1.54) is 0 Å². The van der Waals surface area contributed by atoms with Gasteiger partial charge in [0.1, 0.15) is 5.76 Å². The molecule has 7 heteroatoms. The van der Waals surface area contributed by atoms with Gasteiger partial charge in [0, 0.05) is 16.6 Å². The van der Waals surface area contributed by atoms with Gasteiger partial charge in [-0.15, -0.1) is 0 Å². The summed E-state index contributed by atoms with van der Waals surface area (Å²) in [6.07, 6.45) is 0.488. The standard InChI is InChI=1S/C31H32BrNO5/c1-31(2,3)22-11-7-20(8-12-22)27-26(28(34)21-9-13-23(32)14-10-21)29(35)30(36)33(27)17-16-19-6-15-24(37-4)25(18-19)38-5/h6-15,18,27,34H,16-17H2,1-5H3. The third-order valence-corrected chi connectivity index (χ3v) is 7.37. The molecule has 6 nitrogen and oxygen atoms in total. The lowest BCUT2D eigenvalue weighted by molar-refractivity contribution is -0.139. The van der Waals surface area contributed by atoms with Crippen molar-refractivity contribution in [2.24, 2.45) is 0 Å². The van der Waals surface area contributed by atoms with Crippen molar-refractivity contribution in [3.8, 4) is 11.5 Å². The van der Waals surface area contributed by atoms with Crippen LogP contribution in [0.25, 0.3) is 5.76 Å². The first-order chi connectivity index (χ1) is 18.0. The Bertz CT molecular complexity index is 1370. The maximum Gasteiger partial charge on any atom is 0.295 e. The Balaban J connectivity index is 1.76. The number of halogens is 1. The first-order valence-corrected chi connectivity index (χ1v) is 13.2. The van der Waals surface area contributed by atoms with E-state index in [0.717, 1.165) is 21.2 Å². The van der Waals surface area contributed by atoms with Gasteiger partial charge in [0.2, 0.25) is 0 Å². The van der Waals surface area contributed by atoms with E-state index < -0.39 is 17.7 Å². The summed E-state index contributed by atoms with van der Waals surface area (Å²) in [6.45, 7) is 6.67. The number of ketones is 1. The van der Waals surface area contributed by atoms with E-state index in [4.69, 9.17) is 9.47 Å². The van der Waals surface area contributed by atoms with Gasteiger partial charge in [0.15, 0.2) is 11.5 Å². The zero-order valence-electron chi connectivity index (χ0n) is 22.2. The lowest BCUT2D eigenvalue weighted by atomic mass is 9.85. The van der Waals surface area contributed by atoms with Gasteiger partial charge >= 0.3 is 0 Å². The van der Waals surface area contributed by atoms with Crippen molar-refractivity contribution in [1.29, 1.82) is 0 Å². The van der Waals surface area contributed by atoms with E-state index in [1.54, 1.807) is 43.4 Å². The summed E-state index contributed by atoms with van der Waals surface area (Å²) in [7, 11) is 3.15. The van der Waals surface area contributed by atoms with E-state index >= 15 is 0 Å². The number of Topliss-reactive ketones (excluding diaryl/α,β-unsaturated/α-hetero) is 1. The van der Waals surface area contributed by atoms with Crippen LogP contribution >= 0.6 is 15.9 Å². The highest BCUT2D eigenvalue weighted by atomic mass is 79.9. The Labute approximate surface area is 232 Å². The molecule has 1 saturated heterocycles. The van der Waals surface area contributed by atoms with Crippen molar-refractivity contribution in [3.63, 3.8) is 0 Å². The van der Waals surface area contributed by atoms with Crippen LogP contribution in [0.3, 0.4) is 0 Å². The molecule has 1 aliphatic rings. The first kappa shape index (κ1) is 27.5. The van der Waals surface area contributed by atoms with Crippen LogP contribution in [0.2, 0.25) is 0 Å². The number of hydrogen-bond donors (Lipinski definition) is 1. The summed E-state index contributed by atoms with van der Waals surface area (Å²) >= 11 is 3.40. The molecule has 198 valence electrons. The lowest BCUT2D eigenvalue weighted by Gasteiger charge is -2.26. The molecular weight excluding hydrogens is 546 g/mol. The smallest absolute Gasteiger partial charge is 0.295 e. The molecule has 1 unspecified atom stereocenters. The Morgan fingerprint density at radius 3 is 2.13 bits per heavy atom. The number of likely N-dealkylation sites (tertiary alicyclic amines) is 1. The fraction of sp³-hybridized carbons (Fsp3) is 0.290. The lowest BCUT2D eigenvalue weighted by Crippen LogP contribution is -2.31. The van der Waals surface area contributed by atoms with Crippen LogP contribution in [-0.2, 0) is 21.4 Å². The molecule has 3 aromatic carbocycles. The van der Waals surface area contributed by atoms with Crippen LogP contribution in [0.4, 0.5) is 0 Å². The molecule has 0 bridgehead atoms. The molecule has 1 fully saturated rings. The van der Waals surface area contributed by atoms with Crippen molar-refractivity contribution >= 4 is 33.4 Å². The van der Waals surface area contributed by atoms with Crippen molar-refractivity contribution in [3.05, 3.63) is 99.0 Å². The number of nitrogens with zero attached hydrogens (tertiary/aromatic N) is 1. The van der Waals surface area contributed by atoms with E-state index in [0.29, 0.717) is 23.5 Å². The maximum atomic E-state index is 13.3. The van der Waals surface area contributed by atoms with Crippen molar-refractivity contribution in [1.82, 2.24) is 4.90 Å². The monoisotopic (exact) mass is 577 g/mol. The molecule has 1 N–H and O–H groups in total. The second-order valence-corrected chi connectivity index (χ2v) is 11.2. The number of benzene rings is 3. The number of rotatable bonds is 7. The summed E-state index contributed by atoms with van der Waals surface area (Å²) in [6, 6.07) is 19.8. The molecular formula is C31H32BrNO5. The van der Waals surface area contributed by atoms with Gasteiger partial charge in [0.05, 0.1) is 25.8 Å². The van der Waals surface area contributed by atoms with Crippen LogP contribution in [-0.4, -0.2) is 42.5 Å². The summed E-state index contributed by atoms with van der Waals surface area (Å²) in [5, 5.41) is 11.3. The number of amides is 1. The molecule has 3 aromatic rings. The maximum absolute atomic E-state index is 13.3. The number of aliphatic hydroxyl groups excluding tert-OH is 1. The molecule has 1 aliphatic heterocycles. The van der Waals surface area contributed by atoms with Crippen LogP contribution in [0.1, 0.15) is 49.1 Å². The largest absolute Gasteiger partial charge is 0.507 e. The van der Waals surface area contributed by atoms with Gasteiger partial charge in [-0.1, -0.05) is 79.2 Å². The second-order valence-electron chi connectivity index (χ2n) is 10.3. The zero-order valence-corrected chi connectivity index (χ0v) is 23.8. The Morgan fingerprint density at radius 2 is 1.55 bits per heavy atom. The SMILES string of the molecule is COc1ccc(CCN2C(=O)C(=O)C(=C(O)c3ccc(Br)cc3)C2c2ccc(C(C)(C)C)cc2)cc1OC. The van der Waals surface area contributed by atoms with Gasteiger partial charge in [-0.05, 0) is 52.8 Å². The summed E-state index contributed by atoms with van der Waals surface area (Å²) < 4.78 is 11.6. The molecule has 38 heavy (non-hydrogen) atoms. The van der Waals surface area contributed by atoms with Crippen LogP contribution in [0, 0.1) is 0 Å². The summed E-state index contributed by atoms with van der Waals surface area (Å²) in [5.41, 5.74) is 3.35. The number of aliphatic hydroxyl groups is 1. The first-order valence-electron chi connectivity index (χ1n) is 12.4. The van der Waals surface area contributed by atoms with E-state index in [2.05, 4.69) is 36.7 Å². The minimum Gasteiger partial charge on any atom is -0.507 e.